The molecule has 2 nitrogen and oxygen atoms in total. The molecule has 1 N–H and O–H groups in total. The maximum Gasteiger partial charge on any atom is 0.235 e. The molecule has 0 aliphatic rings. The lowest BCUT2D eigenvalue weighted by Crippen LogP contribution is -2.12. The van der Waals surface area contributed by atoms with E-state index >= 15 is 0 Å². The summed E-state index contributed by atoms with van der Waals surface area (Å²) in [7, 11) is 0. The van der Waals surface area contributed by atoms with Gasteiger partial charge < -0.3 is 5.32 Å². The van der Waals surface area contributed by atoms with Gasteiger partial charge in [-0.25, -0.2) is 0 Å². The zero-order valence-corrected chi connectivity index (χ0v) is 9.62. The summed E-state index contributed by atoms with van der Waals surface area (Å²) < 4.78 is 0. The first kappa shape index (κ1) is 10.2. The average Bonchev–Trinajstić information content (AvgIpc) is 2.29. The predicted molar refractivity (Wildman–Crippen MR) is 66.4 cm³/mol. The second-order valence-electron chi connectivity index (χ2n) is 3.21. The van der Waals surface area contributed by atoms with E-state index in [9.17, 15) is 4.79 Å². The van der Waals surface area contributed by atoms with Crippen LogP contribution in [-0.4, -0.2) is 11.2 Å². The Morgan fingerprint density at radius 1 is 1.13 bits per heavy atom. The Hall–Kier alpha value is -1.35. The monoisotopic (exact) mass is 263 g/mol. The number of rotatable bonds is 2. The molecule has 76 valence electrons. The Bertz CT molecular complexity index is 490. The van der Waals surface area contributed by atoms with E-state index < -0.39 is 0 Å². The van der Waals surface area contributed by atoms with Crippen molar-refractivity contribution in [3.05, 3.63) is 42.5 Å². The van der Waals surface area contributed by atoms with Crippen molar-refractivity contribution in [1.29, 1.82) is 0 Å². The van der Waals surface area contributed by atoms with Crippen LogP contribution in [0, 0.1) is 0 Å². The number of carbonyl (C=O) groups excluding carboxylic acids is 1. The highest BCUT2D eigenvalue weighted by atomic mass is 79.9. The lowest BCUT2D eigenvalue weighted by Gasteiger charge is -2.06. The Balaban J connectivity index is 2.46. The van der Waals surface area contributed by atoms with Gasteiger partial charge in [0.25, 0.3) is 0 Å². The molecule has 2 aromatic carbocycles. The van der Waals surface area contributed by atoms with Gasteiger partial charge in [0, 0.05) is 11.1 Å². The van der Waals surface area contributed by atoms with Crippen molar-refractivity contribution >= 4 is 38.3 Å². The summed E-state index contributed by atoms with van der Waals surface area (Å²) >= 11 is 3.12. The summed E-state index contributed by atoms with van der Waals surface area (Å²) in [6, 6.07) is 13.8. The summed E-state index contributed by atoms with van der Waals surface area (Å²) in [6.07, 6.45) is 0. The summed E-state index contributed by atoms with van der Waals surface area (Å²) in [4.78, 5) is 11.3. The van der Waals surface area contributed by atoms with Crippen molar-refractivity contribution in [2.24, 2.45) is 0 Å². The number of benzene rings is 2. The van der Waals surface area contributed by atoms with Crippen molar-refractivity contribution in [3.63, 3.8) is 0 Å². The van der Waals surface area contributed by atoms with Crippen LogP contribution in [0.25, 0.3) is 10.8 Å². The van der Waals surface area contributed by atoms with Gasteiger partial charge in [0.2, 0.25) is 5.91 Å². The minimum absolute atomic E-state index is 0.0358. The van der Waals surface area contributed by atoms with Gasteiger partial charge in [-0.15, -0.1) is 0 Å². The largest absolute Gasteiger partial charge is 0.325 e. The van der Waals surface area contributed by atoms with E-state index in [2.05, 4.69) is 21.2 Å². The molecule has 2 aromatic rings. The van der Waals surface area contributed by atoms with Crippen LogP contribution in [0.15, 0.2) is 42.5 Å². The Morgan fingerprint density at radius 2 is 1.87 bits per heavy atom. The van der Waals surface area contributed by atoms with Crippen LogP contribution >= 0.6 is 15.9 Å². The fourth-order valence-corrected chi connectivity index (χ4v) is 1.66. The van der Waals surface area contributed by atoms with E-state index in [0.717, 1.165) is 16.5 Å². The third-order valence-corrected chi connectivity index (χ3v) is 2.69. The maximum absolute atomic E-state index is 11.3. The number of anilines is 1. The van der Waals surface area contributed by atoms with Crippen molar-refractivity contribution in [2.75, 3.05) is 10.6 Å². The van der Waals surface area contributed by atoms with Crippen molar-refractivity contribution in [2.45, 2.75) is 0 Å². The molecule has 0 aliphatic heterocycles. The van der Waals surface area contributed by atoms with Crippen LogP contribution in [-0.2, 0) is 4.79 Å². The molecule has 0 fully saturated rings. The van der Waals surface area contributed by atoms with E-state index in [4.69, 9.17) is 0 Å². The second-order valence-corrected chi connectivity index (χ2v) is 3.77. The van der Waals surface area contributed by atoms with E-state index in [1.54, 1.807) is 0 Å². The minimum Gasteiger partial charge on any atom is -0.325 e. The third kappa shape index (κ3) is 2.18. The fraction of sp³-hybridized carbons (Fsp3) is 0.0833. The van der Waals surface area contributed by atoms with Gasteiger partial charge in [0.1, 0.15) is 0 Å². The number of alkyl halides is 1. The van der Waals surface area contributed by atoms with E-state index in [-0.39, 0.29) is 5.91 Å². The first-order valence-corrected chi connectivity index (χ1v) is 5.77. The lowest BCUT2D eigenvalue weighted by molar-refractivity contribution is -0.113. The molecule has 1 amide bonds. The number of nitrogens with one attached hydrogen (secondary N) is 1. The van der Waals surface area contributed by atoms with Crippen molar-refractivity contribution in [3.8, 4) is 0 Å². The predicted octanol–water partition coefficient (Wildman–Crippen LogP) is 3.17. The first-order valence-electron chi connectivity index (χ1n) is 4.65. The molecule has 0 unspecified atom stereocenters. The van der Waals surface area contributed by atoms with Gasteiger partial charge in [-0.1, -0.05) is 52.3 Å². The standard InChI is InChI=1S/C12H10BrNO/c13-8-12(15)14-11-7-3-5-9-4-1-2-6-10(9)11/h1-7H,8H2,(H,14,15). The highest BCUT2D eigenvalue weighted by Crippen LogP contribution is 2.22. The smallest absolute Gasteiger partial charge is 0.235 e. The number of carbonyl (C=O) groups is 1. The molecule has 0 atom stereocenters. The zero-order chi connectivity index (χ0) is 10.7. The van der Waals surface area contributed by atoms with Gasteiger partial charge in [-0.05, 0) is 11.5 Å². The molecule has 0 saturated heterocycles. The summed E-state index contributed by atoms with van der Waals surface area (Å²) in [6.45, 7) is 0. The average molecular weight is 264 g/mol. The van der Waals surface area contributed by atoms with Crippen molar-refractivity contribution in [1.82, 2.24) is 0 Å². The van der Waals surface area contributed by atoms with Gasteiger partial charge in [0.05, 0.1) is 5.33 Å². The molecule has 3 heteroatoms. The summed E-state index contributed by atoms with van der Waals surface area (Å²) in [5, 5.41) is 5.36. The molecule has 0 spiro atoms. The van der Waals surface area contributed by atoms with Crippen LogP contribution in [0.5, 0.6) is 0 Å². The fourth-order valence-electron chi connectivity index (χ4n) is 1.52. The van der Waals surface area contributed by atoms with Gasteiger partial charge in [-0.3, -0.25) is 4.79 Å². The molecule has 2 rings (SSSR count). The Morgan fingerprint density at radius 3 is 2.67 bits per heavy atom. The SMILES string of the molecule is O=C(CBr)Nc1cccc2ccccc12. The van der Waals surface area contributed by atoms with Crippen LogP contribution in [0.4, 0.5) is 5.69 Å². The first-order chi connectivity index (χ1) is 7.31. The molecule has 15 heavy (non-hydrogen) atoms. The normalized spacial score (nSPS) is 10.2. The number of hydrogen-bond acceptors (Lipinski definition) is 1. The highest BCUT2D eigenvalue weighted by molar-refractivity contribution is 9.09. The number of amides is 1. The second kappa shape index (κ2) is 4.45. The quantitative estimate of drug-likeness (QED) is 0.829. The highest BCUT2D eigenvalue weighted by Gasteiger charge is 2.02. The van der Waals surface area contributed by atoms with Gasteiger partial charge in [0.15, 0.2) is 0 Å². The third-order valence-electron chi connectivity index (χ3n) is 2.19. The zero-order valence-electron chi connectivity index (χ0n) is 8.03. The molecule has 0 radical (unpaired) electrons. The number of halogens is 1. The molecular formula is C12H10BrNO. The molecule has 0 bridgehead atoms. The summed E-state index contributed by atoms with van der Waals surface area (Å²) in [5.41, 5.74) is 0.859. The number of hydrogen-bond donors (Lipinski definition) is 1. The minimum atomic E-state index is -0.0358. The maximum atomic E-state index is 11.3. The number of fused-ring (bicyclic) bond motifs is 1. The van der Waals surface area contributed by atoms with Crippen LogP contribution in [0.2, 0.25) is 0 Å². The molecule has 0 aromatic heterocycles. The summed E-state index contributed by atoms with van der Waals surface area (Å²) in [5.74, 6) is -0.0358. The Labute approximate surface area is 96.4 Å². The van der Waals surface area contributed by atoms with Crippen molar-refractivity contribution < 1.29 is 4.79 Å². The topological polar surface area (TPSA) is 29.1 Å². The van der Waals surface area contributed by atoms with Gasteiger partial charge in [-0.2, -0.15) is 0 Å². The van der Waals surface area contributed by atoms with E-state index in [0.29, 0.717) is 5.33 Å². The molecule has 0 saturated carbocycles. The molecule has 0 heterocycles. The van der Waals surface area contributed by atoms with Gasteiger partial charge >= 0.3 is 0 Å². The van der Waals surface area contributed by atoms with Crippen LogP contribution in [0.1, 0.15) is 0 Å². The lowest BCUT2D eigenvalue weighted by atomic mass is 10.1. The van der Waals surface area contributed by atoms with E-state index in [1.165, 1.54) is 0 Å². The molecule has 0 aliphatic carbocycles. The molecular weight excluding hydrogens is 254 g/mol. The Kier molecular flexibility index (Phi) is 3.02. The van der Waals surface area contributed by atoms with E-state index in [1.807, 2.05) is 42.5 Å². The van der Waals surface area contributed by atoms with Crippen LogP contribution < -0.4 is 5.32 Å². The van der Waals surface area contributed by atoms with Crippen LogP contribution in [0.3, 0.4) is 0 Å².